The van der Waals surface area contributed by atoms with E-state index in [0.29, 0.717) is 5.17 Å². The highest BCUT2D eigenvalue weighted by Crippen LogP contribution is 3.36. The molecule has 0 aromatic heterocycles. The molecule has 8 bridgehead atoms. The lowest BCUT2D eigenvalue weighted by atomic mass is 9.55. The van der Waals surface area contributed by atoms with Crippen LogP contribution < -0.4 is 11.5 Å². The first-order valence-corrected chi connectivity index (χ1v) is 19.0. The van der Waals surface area contributed by atoms with Gasteiger partial charge in [0.2, 0.25) is 0 Å². The third-order valence-electron chi connectivity index (χ3n) is 11.0. The van der Waals surface area contributed by atoms with E-state index in [2.05, 4.69) is 19.7 Å². The van der Waals surface area contributed by atoms with Crippen molar-refractivity contribution in [1.29, 1.82) is 10.8 Å². The summed E-state index contributed by atoms with van der Waals surface area (Å²) in [5.74, 6) is 4.95. The molecule has 8 saturated carbocycles. The maximum absolute atomic E-state index is 9.54. The van der Waals surface area contributed by atoms with Gasteiger partial charge in [0, 0.05) is 9.49 Å². The molecule has 168 valence electrons. The van der Waals surface area contributed by atoms with Crippen LogP contribution in [0.5, 0.6) is 0 Å². The van der Waals surface area contributed by atoms with Crippen molar-refractivity contribution in [1.82, 2.24) is 0 Å². The lowest BCUT2D eigenvalue weighted by Crippen LogP contribution is -2.70. The van der Waals surface area contributed by atoms with Crippen LogP contribution in [0.15, 0.2) is 0 Å². The molecule has 8 heteroatoms. The zero-order valence-electron chi connectivity index (χ0n) is 17.7. The molecule has 1 saturated heterocycles. The topological polar surface area (TPSA) is 99.7 Å². The third kappa shape index (κ3) is 1.74. The summed E-state index contributed by atoms with van der Waals surface area (Å²) in [5, 5.41) is 15.5. The van der Waals surface area contributed by atoms with Crippen LogP contribution in [0.4, 0.5) is 0 Å². The minimum atomic E-state index is -3.43. The molecule has 1 heterocycles. The quantitative estimate of drug-likeness (QED) is 0.156. The number of nitrogens with one attached hydrogen (secondary N) is 2. The monoisotopic (exact) mass is 484 g/mol. The van der Waals surface area contributed by atoms with Crippen LogP contribution in [-0.2, 0) is 0 Å². The summed E-state index contributed by atoms with van der Waals surface area (Å²) < 4.78 is 0.274. The Bertz CT molecular complexity index is 775. The molecule has 0 unspecified atom stereocenters. The molecule has 0 aromatic carbocycles. The Labute approximate surface area is 189 Å². The maximum Gasteiger partial charge on any atom is 0.160 e. The van der Waals surface area contributed by atoms with Gasteiger partial charge in [0.1, 0.15) is 5.17 Å². The average molecular weight is 485 g/mol. The van der Waals surface area contributed by atoms with Crippen molar-refractivity contribution in [3.63, 3.8) is 0 Å². The third-order valence-corrected chi connectivity index (χ3v) is 39.8. The zero-order chi connectivity index (χ0) is 20.6. The number of amidine groups is 2. The van der Waals surface area contributed by atoms with Gasteiger partial charge in [-0.15, -0.1) is 0 Å². The second-order valence-corrected chi connectivity index (χ2v) is 31.1. The number of hydrogen-bond donors (Lipinski definition) is 4. The highest BCUT2D eigenvalue weighted by molar-refractivity contribution is 9.99. The molecule has 8 aliphatic carbocycles. The molecule has 0 amide bonds. The van der Waals surface area contributed by atoms with Gasteiger partial charge in [-0.05, 0) is 143 Å². The fourth-order valence-corrected chi connectivity index (χ4v) is 42.6. The summed E-state index contributed by atoms with van der Waals surface area (Å²) >= 11 is 0. The molecule has 0 spiro atoms. The molecule has 30 heavy (non-hydrogen) atoms. The smallest absolute Gasteiger partial charge is 0.160 e. The van der Waals surface area contributed by atoms with E-state index in [1.807, 2.05) is 0 Å². The molecule has 0 atom stereocenters. The van der Waals surface area contributed by atoms with Crippen molar-refractivity contribution in [2.24, 2.45) is 47.0 Å². The second-order valence-electron chi connectivity index (χ2n) is 12.4. The maximum atomic E-state index is 9.54. The Balaban J connectivity index is 1.53. The van der Waals surface area contributed by atoms with Gasteiger partial charge in [0.05, 0.1) is 0 Å². The van der Waals surface area contributed by atoms with Crippen LogP contribution in [0.1, 0.15) is 77.0 Å². The van der Waals surface area contributed by atoms with Gasteiger partial charge in [0.15, 0.2) is 5.17 Å². The Hall–Kier alpha value is 0.340. The summed E-state index contributed by atoms with van der Waals surface area (Å²) in [6.07, 6.45) is 16.0. The number of nitrogens with two attached hydrogens (primary N) is 2. The van der Waals surface area contributed by atoms with Gasteiger partial charge in [-0.2, -0.15) is 0 Å². The van der Waals surface area contributed by atoms with Crippen LogP contribution >= 0.6 is 35.8 Å². The zero-order valence-corrected chi connectivity index (χ0v) is 21.0. The molecule has 0 aromatic rings. The van der Waals surface area contributed by atoms with Gasteiger partial charge in [0.25, 0.3) is 0 Å². The van der Waals surface area contributed by atoms with E-state index in [9.17, 15) is 5.41 Å². The van der Waals surface area contributed by atoms with Gasteiger partial charge in [-0.1, -0.05) is 5.39 Å². The molecule has 9 aliphatic rings. The molecule has 0 radical (unpaired) electrons. The van der Waals surface area contributed by atoms with Crippen LogP contribution in [-0.4, -0.2) is 19.8 Å². The predicted octanol–water partition coefficient (Wildman–Crippen LogP) is 6.46. The molecular formula is C22H36N4S4. The van der Waals surface area contributed by atoms with Crippen LogP contribution in [0, 0.1) is 46.3 Å². The summed E-state index contributed by atoms with van der Waals surface area (Å²) in [4.78, 5) is 0. The fourth-order valence-electron chi connectivity index (χ4n) is 11.0. The molecule has 9 fully saturated rings. The lowest BCUT2D eigenvalue weighted by Gasteiger charge is -2.84. The molecular weight excluding hydrogens is 449 g/mol. The van der Waals surface area contributed by atoms with E-state index in [-0.39, 0.29) is 14.7 Å². The first kappa shape index (κ1) is 19.8. The van der Waals surface area contributed by atoms with Crippen molar-refractivity contribution in [2.75, 3.05) is 0 Å². The average Bonchev–Trinajstić information content (AvgIpc) is 3.35. The largest absolute Gasteiger partial charge is 0.379 e. The van der Waals surface area contributed by atoms with Crippen LogP contribution in [0.2, 0.25) is 0 Å². The van der Waals surface area contributed by atoms with E-state index in [4.69, 9.17) is 16.9 Å². The van der Waals surface area contributed by atoms with Gasteiger partial charge >= 0.3 is 0 Å². The van der Waals surface area contributed by atoms with E-state index in [1.54, 1.807) is 10.8 Å². The minimum Gasteiger partial charge on any atom is -0.379 e. The molecule has 6 N–H and O–H groups in total. The van der Waals surface area contributed by atoms with Crippen molar-refractivity contribution in [2.45, 2.75) is 86.5 Å². The predicted molar refractivity (Wildman–Crippen MR) is 136 cm³/mol. The van der Waals surface area contributed by atoms with Crippen molar-refractivity contribution in [3.8, 4) is 0 Å². The molecule has 9 rings (SSSR count). The summed E-state index contributed by atoms with van der Waals surface area (Å²) in [5.41, 5.74) is 13.4. The van der Waals surface area contributed by atoms with Crippen molar-refractivity contribution < 1.29 is 0 Å². The highest BCUT2D eigenvalue weighted by Gasteiger charge is 2.96. The van der Waals surface area contributed by atoms with Crippen molar-refractivity contribution >= 4 is 46.2 Å². The van der Waals surface area contributed by atoms with Crippen LogP contribution in [0.25, 0.3) is 0 Å². The first-order valence-electron chi connectivity index (χ1n) is 12.0. The molecule has 1 aliphatic heterocycles. The van der Waals surface area contributed by atoms with E-state index in [1.165, 1.54) is 77.0 Å². The van der Waals surface area contributed by atoms with E-state index >= 15 is 0 Å². The standard InChI is InChI=1S/C22H36N4S4/c23-19(24)27-30(20(25)26,28-29-30,21-7-13-1-14(8-21)3-15(2-13)9-21)22-10-16-4-17(11-22)6-18(5-16)12-22/h13-18H,1-12H2,(H3,23,24)(H3,25,26). The number of rotatable bonds is 2. The Kier molecular flexibility index (Phi) is 3.53. The first-order chi connectivity index (χ1) is 14.2. The summed E-state index contributed by atoms with van der Waals surface area (Å²) in [6, 6.07) is 0. The van der Waals surface area contributed by atoms with Gasteiger partial charge < -0.3 is 11.5 Å². The number of hydrogen-bond acceptors (Lipinski definition) is 5. The highest BCUT2D eigenvalue weighted by atomic mass is 34.3. The fraction of sp³-hybridized carbons (Fsp3) is 0.909. The Morgan fingerprint density at radius 1 is 0.667 bits per heavy atom. The lowest BCUT2D eigenvalue weighted by molar-refractivity contribution is 0.0214. The van der Waals surface area contributed by atoms with Gasteiger partial charge in [-0.3, -0.25) is 10.8 Å². The van der Waals surface area contributed by atoms with Crippen LogP contribution in [0.3, 0.4) is 0 Å². The minimum absolute atomic E-state index is 0.137. The van der Waals surface area contributed by atoms with E-state index in [0.717, 1.165) is 35.5 Å². The van der Waals surface area contributed by atoms with Gasteiger partial charge in [-0.25, -0.2) is 0 Å². The summed E-state index contributed by atoms with van der Waals surface area (Å²) in [6.45, 7) is 0. The normalized spacial score (nSPS) is 57.1. The molecule has 4 nitrogen and oxygen atoms in total. The Morgan fingerprint density at radius 2 is 0.967 bits per heavy atom. The van der Waals surface area contributed by atoms with E-state index < -0.39 is 5.39 Å². The second kappa shape index (κ2) is 5.35. The SMILES string of the molecule is N=C(N)SS1(C(=N)N)(C23CC4CC(CC(C4)C2)C3)(C23CC4CC(CC(C4)C2)C3)SS1. The Morgan fingerprint density at radius 3 is 1.17 bits per heavy atom. The summed E-state index contributed by atoms with van der Waals surface area (Å²) in [7, 11) is 5.81. The van der Waals surface area contributed by atoms with Crippen molar-refractivity contribution in [3.05, 3.63) is 0 Å².